The molecule has 3 heteroatoms. The summed E-state index contributed by atoms with van der Waals surface area (Å²) in [5.41, 5.74) is 4.10. The van der Waals surface area contributed by atoms with Crippen LogP contribution in [0.2, 0.25) is 0 Å². The van der Waals surface area contributed by atoms with Crippen LogP contribution in [0.4, 0.5) is 5.69 Å². The normalized spacial score (nSPS) is 24.4. The number of halogens is 1. The summed E-state index contributed by atoms with van der Waals surface area (Å²) >= 11 is 3.67. The second-order valence-electron chi connectivity index (χ2n) is 6.03. The molecule has 2 saturated heterocycles. The fourth-order valence-corrected chi connectivity index (χ4v) is 3.73. The van der Waals surface area contributed by atoms with E-state index >= 15 is 0 Å². The molecule has 0 N–H and O–H groups in total. The van der Waals surface area contributed by atoms with Crippen LogP contribution in [0.15, 0.2) is 16.6 Å². The average molecular weight is 323 g/mol. The number of nitrogens with zero attached hydrogens (tertiary/aromatic N) is 2. The Kier molecular flexibility index (Phi) is 3.86. The molecule has 2 heterocycles. The molecular formula is C16H23BrN2. The van der Waals surface area contributed by atoms with Gasteiger partial charge in [-0.25, -0.2) is 0 Å². The summed E-state index contributed by atoms with van der Waals surface area (Å²) in [4.78, 5) is 5.28. The minimum absolute atomic E-state index is 0.784. The third-order valence-electron chi connectivity index (χ3n) is 4.62. The van der Waals surface area contributed by atoms with Gasteiger partial charge in [0.05, 0.1) is 0 Å². The summed E-state index contributed by atoms with van der Waals surface area (Å²) < 4.78 is 1.26. The molecule has 0 saturated carbocycles. The predicted molar refractivity (Wildman–Crippen MR) is 85.0 cm³/mol. The van der Waals surface area contributed by atoms with Crippen LogP contribution in [0.5, 0.6) is 0 Å². The van der Waals surface area contributed by atoms with Gasteiger partial charge in [-0.1, -0.05) is 22.4 Å². The Morgan fingerprint density at radius 2 is 1.79 bits per heavy atom. The summed E-state index contributed by atoms with van der Waals surface area (Å²) in [5, 5.41) is 0. The topological polar surface area (TPSA) is 6.48 Å². The fourth-order valence-electron chi connectivity index (χ4n) is 3.50. The zero-order chi connectivity index (χ0) is 13.4. The molecular weight excluding hydrogens is 300 g/mol. The third-order valence-corrected chi connectivity index (χ3v) is 5.87. The van der Waals surface area contributed by atoms with Crippen molar-refractivity contribution in [2.75, 3.05) is 31.1 Å². The van der Waals surface area contributed by atoms with Gasteiger partial charge in [-0.15, -0.1) is 0 Å². The van der Waals surface area contributed by atoms with Crippen LogP contribution >= 0.6 is 15.9 Å². The lowest BCUT2D eigenvalue weighted by Gasteiger charge is -2.45. The number of piperidine rings is 1. The summed E-state index contributed by atoms with van der Waals surface area (Å²) in [6, 6.07) is 5.44. The van der Waals surface area contributed by atoms with Crippen molar-refractivity contribution in [3.8, 4) is 0 Å². The molecule has 19 heavy (non-hydrogen) atoms. The molecule has 0 bridgehead atoms. The van der Waals surface area contributed by atoms with Crippen molar-refractivity contribution < 1.29 is 0 Å². The van der Waals surface area contributed by atoms with Gasteiger partial charge in [-0.3, -0.25) is 4.90 Å². The first kappa shape index (κ1) is 13.4. The Hall–Kier alpha value is -0.540. The third kappa shape index (κ3) is 2.68. The van der Waals surface area contributed by atoms with Gasteiger partial charge in [-0.05, 0) is 56.5 Å². The first-order chi connectivity index (χ1) is 9.15. The first-order valence-corrected chi connectivity index (χ1v) is 8.20. The van der Waals surface area contributed by atoms with Crippen LogP contribution in [-0.4, -0.2) is 37.1 Å². The molecule has 2 fully saturated rings. The SMILES string of the molecule is Cc1cc(N2CCN3CCCCC3C2)cc(C)c1Br. The highest BCUT2D eigenvalue weighted by atomic mass is 79.9. The largest absolute Gasteiger partial charge is 0.369 e. The molecule has 2 nitrogen and oxygen atoms in total. The van der Waals surface area contributed by atoms with Gasteiger partial charge in [-0.2, -0.15) is 0 Å². The van der Waals surface area contributed by atoms with Crippen molar-refractivity contribution in [2.24, 2.45) is 0 Å². The average Bonchev–Trinajstić information content (AvgIpc) is 2.43. The maximum absolute atomic E-state index is 3.67. The molecule has 0 aromatic heterocycles. The lowest BCUT2D eigenvalue weighted by molar-refractivity contribution is 0.133. The number of piperazine rings is 1. The molecule has 0 radical (unpaired) electrons. The summed E-state index contributed by atoms with van der Waals surface area (Å²) in [6.07, 6.45) is 4.19. The maximum atomic E-state index is 3.67. The second kappa shape index (κ2) is 5.45. The van der Waals surface area contributed by atoms with Crippen molar-refractivity contribution >= 4 is 21.6 Å². The molecule has 104 valence electrons. The summed E-state index contributed by atoms with van der Waals surface area (Å²) in [5.74, 6) is 0. The lowest BCUT2D eigenvalue weighted by atomic mass is 9.99. The van der Waals surface area contributed by atoms with Crippen molar-refractivity contribution in [3.63, 3.8) is 0 Å². The van der Waals surface area contributed by atoms with E-state index < -0.39 is 0 Å². The summed E-state index contributed by atoms with van der Waals surface area (Å²) in [6.45, 7) is 9.32. The minimum atomic E-state index is 0.784. The van der Waals surface area contributed by atoms with Crippen molar-refractivity contribution in [3.05, 3.63) is 27.7 Å². The van der Waals surface area contributed by atoms with E-state index in [0.29, 0.717) is 0 Å². The van der Waals surface area contributed by atoms with Gasteiger partial charge < -0.3 is 4.90 Å². The Balaban J connectivity index is 1.79. The smallest absolute Gasteiger partial charge is 0.0373 e. The van der Waals surface area contributed by atoms with E-state index in [0.717, 1.165) is 6.04 Å². The molecule has 1 aromatic carbocycles. The van der Waals surface area contributed by atoms with Crippen LogP contribution in [0.3, 0.4) is 0 Å². The highest BCUT2D eigenvalue weighted by molar-refractivity contribution is 9.10. The molecule has 2 aliphatic heterocycles. The molecule has 1 atom stereocenters. The van der Waals surface area contributed by atoms with Crippen LogP contribution < -0.4 is 4.90 Å². The quantitative estimate of drug-likeness (QED) is 0.777. The first-order valence-electron chi connectivity index (χ1n) is 7.41. The van der Waals surface area contributed by atoms with Gasteiger partial charge in [0.15, 0.2) is 0 Å². The van der Waals surface area contributed by atoms with Crippen molar-refractivity contribution in [2.45, 2.75) is 39.2 Å². The molecule has 0 aliphatic carbocycles. The molecule has 2 aliphatic rings. The van der Waals surface area contributed by atoms with Crippen molar-refractivity contribution in [1.82, 2.24) is 4.90 Å². The number of hydrogen-bond acceptors (Lipinski definition) is 2. The van der Waals surface area contributed by atoms with E-state index in [9.17, 15) is 0 Å². The van der Waals surface area contributed by atoms with Crippen LogP contribution in [0, 0.1) is 13.8 Å². The van der Waals surface area contributed by atoms with E-state index in [-0.39, 0.29) is 0 Å². The van der Waals surface area contributed by atoms with Crippen LogP contribution in [0.25, 0.3) is 0 Å². The van der Waals surface area contributed by atoms with E-state index in [1.54, 1.807) is 0 Å². The number of fused-ring (bicyclic) bond motifs is 1. The molecule has 0 amide bonds. The van der Waals surface area contributed by atoms with E-state index in [2.05, 4.69) is 51.7 Å². The number of anilines is 1. The molecule has 1 aromatic rings. The Morgan fingerprint density at radius 3 is 2.53 bits per heavy atom. The van der Waals surface area contributed by atoms with Crippen LogP contribution in [0.1, 0.15) is 30.4 Å². The lowest BCUT2D eigenvalue weighted by Crippen LogP contribution is -2.54. The predicted octanol–water partition coefficient (Wildman–Crippen LogP) is 3.74. The molecule has 1 unspecified atom stereocenters. The Morgan fingerprint density at radius 1 is 1.05 bits per heavy atom. The van der Waals surface area contributed by atoms with E-state index in [1.165, 1.54) is 66.7 Å². The zero-order valence-corrected chi connectivity index (χ0v) is 13.5. The Labute approximate surface area is 124 Å². The number of hydrogen-bond donors (Lipinski definition) is 0. The highest BCUT2D eigenvalue weighted by Gasteiger charge is 2.29. The monoisotopic (exact) mass is 322 g/mol. The maximum Gasteiger partial charge on any atom is 0.0373 e. The Bertz CT molecular complexity index is 449. The highest BCUT2D eigenvalue weighted by Crippen LogP contribution is 2.30. The van der Waals surface area contributed by atoms with Gasteiger partial charge in [0, 0.05) is 35.8 Å². The van der Waals surface area contributed by atoms with Gasteiger partial charge in [0.1, 0.15) is 0 Å². The fraction of sp³-hybridized carbons (Fsp3) is 0.625. The van der Waals surface area contributed by atoms with Gasteiger partial charge in [0.25, 0.3) is 0 Å². The van der Waals surface area contributed by atoms with Crippen molar-refractivity contribution in [1.29, 1.82) is 0 Å². The van der Waals surface area contributed by atoms with Crippen LogP contribution in [-0.2, 0) is 0 Å². The second-order valence-corrected chi connectivity index (χ2v) is 6.82. The number of rotatable bonds is 1. The van der Waals surface area contributed by atoms with Gasteiger partial charge >= 0.3 is 0 Å². The van der Waals surface area contributed by atoms with E-state index in [4.69, 9.17) is 0 Å². The standard InChI is InChI=1S/C16H23BrN2/c1-12-9-15(10-13(2)16(12)17)19-8-7-18-6-4-3-5-14(18)11-19/h9-10,14H,3-8,11H2,1-2H3. The molecule has 3 rings (SSSR count). The number of aryl methyl sites for hydroxylation is 2. The zero-order valence-electron chi connectivity index (χ0n) is 12.0. The summed E-state index contributed by atoms with van der Waals surface area (Å²) in [7, 11) is 0. The van der Waals surface area contributed by atoms with Gasteiger partial charge in [0.2, 0.25) is 0 Å². The van der Waals surface area contributed by atoms with E-state index in [1.807, 2.05) is 0 Å². The molecule has 0 spiro atoms. The number of benzene rings is 1. The minimum Gasteiger partial charge on any atom is -0.369 e.